The highest BCUT2D eigenvalue weighted by Crippen LogP contribution is 2.31. The Kier molecular flexibility index (Phi) is 4.96. The summed E-state index contributed by atoms with van der Waals surface area (Å²) in [5.74, 6) is 0.212. The van der Waals surface area contributed by atoms with Gasteiger partial charge in [-0.3, -0.25) is 4.79 Å². The molecular weight excluding hydrogens is 410 g/mol. The lowest BCUT2D eigenvalue weighted by Gasteiger charge is -2.34. The van der Waals surface area contributed by atoms with E-state index in [0.29, 0.717) is 6.42 Å². The van der Waals surface area contributed by atoms with E-state index in [1.807, 2.05) is 29.2 Å². The van der Waals surface area contributed by atoms with E-state index in [1.54, 1.807) is 11.3 Å². The van der Waals surface area contributed by atoms with Crippen LogP contribution in [0.3, 0.4) is 0 Å². The summed E-state index contributed by atoms with van der Waals surface area (Å²) in [6, 6.07) is 14.4. The van der Waals surface area contributed by atoms with Crippen molar-refractivity contribution in [3.8, 4) is 0 Å². The predicted octanol–water partition coefficient (Wildman–Crippen LogP) is 4.26. The summed E-state index contributed by atoms with van der Waals surface area (Å²) < 4.78 is 2.26. The number of piperazine rings is 1. The maximum atomic E-state index is 12.6. The van der Waals surface area contributed by atoms with Gasteiger partial charge >= 0.3 is 0 Å². The van der Waals surface area contributed by atoms with E-state index >= 15 is 0 Å². The fourth-order valence-electron chi connectivity index (χ4n) is 3.28. The third-order valence-corrected chi connectivity index (χ3v) is 6.25. The second-order valence-electron chi connectivity index (χ2n) is 6.64. The molecule has 4 nitrogen and oxygen atoms in total. The highest BCUT2D eigenvalue weighted by Gasteiger charge is 2.23. The molecule has 1 aliphatic heterocycles. The number of hydrogen-bond acceptors (Lipinski definition) is 4. The van der Waals surface area contributed by atoms with Crippen LogP contribution in [-0.2, 0) is 11.2 Å². The molecule has 0 N–H and O–H groups in total. The lowest BCUT2D eigenvalue weighted by atomic mass is 10.1. The van der Waals surface area contributed by atoms with Crippen molar-refractivity contribution in [3.63, 3.8) is 0 Å². The van der Waals surface area contributed by atoms with Crippen molar-refractivity contribution in [2.45, 2.75) is 13.3 Å². The van der Waals surface area contributed by atoms with Crippen LogP contribution in [0.1, 0.15) is 11.1 Å². The van der Waals surface area contributed by atoms with Gasteiger partial charge in [-0.2, -0.15) is 0 Å². The average molecular weight is 430 g/mol. The van der Waals surface area contributed by atoms with Gasteiger partial charge in [-0.25, -0.2) is 4.98 Å². The first-order chi connectivity index (χ1) is 12.6. The van der Waals surface area contributed by atoms with Crippen molar-refractivity contribution in [1.29, 1.82) is 0 Å². The zero-order valence-corrected chi connectivity index (χ0v) is 17.0. The van der Waals surface area contributed by atoms with E-state index in [4.69, 9.17) is 4.98 Å². The summed E-state index contributed by atoms with van der Waals surface area (Å²) in [6.07, 6.45) is 0.483. The van der Waals surface area contributed by atoms with E-state index in [0.717, 1.165) is 46.9 Å². The first kappa shape index (κ1) is 17.5. The van der Waals surface area contributed by atoms with Gasteiger partial charge < -0.3 is 9.80 Å². The smallest absolute Gasteiger partial charge is 0.227 e. The molecule has 1 aliphatic rings. The molecule has 6 heteroatoms. The summed E-state index contributed by atoms with van der Waals surface area (Å²) in [4.78, 5) is 21.6. The third kappa shape index (κ3) is 3.76. The Bertz CT molecular complexity index is 947. The number of hydrogen-bond donors (Lipinski definition) is 0. The van der Waals surface area contributed by atoms with Crippen molar-refractivity contribution in [2.24, 2.45) is 0 Å². The first-order valence-corrected chi connectivity index (χ1v) is 10.3. The minimum atomic E-state index is 0.212. The highest BCUT2D eigenvalue weighted by molar-refractivity contribution is 9.10. The van der Waals surface area contributed by atoms with Gasteiger partial charge in [-0.1, -0.05) is 57.1 Å². The van der Waals surface area contributed by atoms with Crippen molar-refractivity contribution >= 4 is 48.5 Å². The van der Waals surface area contributed by atoms with Crippen LogP contribution in [0.4, 0.5) is 5.13 Å². The molecule has 0 saturated carbocycles. The van der Waals surface area contributed by atoms with Crippen LogP contribution < -0.4 is 4.90 Å². The predicted molar refractivity (Wildman–Crippen MR) is 111 cm³/mol. The Labute approximate surface area is 165 Å². The number of amides is 1. The number of rotatable bonds is 3. The van der Waals surface area contributed by atoms with Gasteiger partial charge in [-0.15, -0.1) is 0 Å². The average Bonchev–Trinajstić information content (AvgIpc) is 3.05. The first-order valence-electron chi connectivity index (χ1n) is 8.73. The molecule has 134 valence electrons. The van der Waals surface area contributed by atoms with Crippen LogP contribution in [-0.4, -0.2) is 42.0 Å². The molecule has 4 rings (SSSR count). The number of carbonyl (C=O) groups is 1. The number of fused-ring (bicyclic) bond motifs is 1. The molecule has 1 amide bonds. The lowest BCUT2D eigenvalue weighted by molar-refractivity contribution is -0.130. The van der Waals surface area contributed by atoms with Crippen LogP contribution in [0, 0.1) is 6.92 Å². The SMILES string of the molecule is Cc1cccc(CC(=O)N2CCN(c3nc4ccc(Br)cc4s3)CC2)c1. The Morgan fingerprint density at radius 1 is 1.15 bits per heavy atom. The zero-order valence-electron chi connectivity index (χ0n) is 14.6. The van der Waals surface area contributed by atoms with E-state index in [-0.39, 0.29) is 5.91 Å². The number of aryl methyl sites for hydroxylation is 1. The Morgan fingerprint density at radius 3 is 2.73 bits per heavy atom. The van der Waals surface area contributed by atoms with Crippen molar-refractivity contribution in [3.05, 3.63) is 58.1 Å². The van der Waals surface area contributed by atoms with Crippen LogP contribution in [0.5, 0.6) is 0 Å². The number of carbonyl (C=O) groups excluding carboxylic acids is 1. The molecule has 1 saturated heterocycles. The van der Waals surface area contributed by atoms with Gasteiger partial charge in [0.15, 0.2) is 5.13 Å². The van der Waals surface area contributed by atoms with Crippen LogP contribution in [0.2, 0.25) is 0 Å². The summed E-state index contributed by atoms with van der Waals surface area (Å²) >= 11 is 5.23. The molecule has 0 bridgehead atoms. The summed E-state index contributed by atoms with van der Waals surface area (Å²) in [5.41, 5.74) is 3.32. The Hall–Kier alpha value is -1.92. The summed E-state index contributed by atoms with van der Waals surface area (Å²) in [7, 11) is 0. The number of thiazole rings is 1. The summed E-state index contributed by atoms with van der Waals surface area (Å²) in [5, 5.41) is 1.05. The van der Waals surface area contributed by atoms with E-state index < -0.39 is 0 Å². The monoisotopic (exact) mass is 429 g/mol. The molecule has 0 spiro atoms. The minimum Gasteiger partial charge on any atom is -0.345 e. The van der Waals surface area contributed by atoms with Gasteiger partial charge in [-0.05, 0) is 30.7 Å². The largest absolute Gasteiger partial charge is 0.345 e. The fraction of sp³-hybridized carbons (Fsp3) is 0.300. The normalized spacial score (nSPS) is 14.8. The van der Waals surface area contributed by atoms with Crippen molar-refractivity contribution in [2.75, 3.05) is 31.1 Å². The molecule has 26 heavy (non-hydrogen) atoms. The van der Waals surface area contributed by atoms with Gasteiger partial charge in [0.05, 0.1) is 16.6 Å². The second-order valence-corrected chi connectivity index (χ2v) is 8.57. The van der Waals surface area contributed by atoms with E-state index in [2.05, 4.69) is 46.0 Å². The number of nitrogens with zero attached hydrogens (tertiary/aromatic N) is 3. The van der Waals surface area contributed by atoms with Gasteiger partial charge in [0.2, 0.25) is 5.91 Å². The number of halogens is 1. The molecule has 1 aromatic heterocycles. The lowest BCUT2D eigenvalue weighted by Crippen LogP contribution is -2.49. The van der Waals surface area contributed by atoms with Crippen molar-refractivity contribution < 1.29 is 4.79 Å². The van der Waals surface area contributed by atoms with Gasteiger partial charge in [0.25, 0.3) is 0 Å². The van der Waals surface area contributed by atoms with E-state index in [1.165, 1.54) is 10.3 Å². The Morgan fingerprint density at radius 2 is 1.96 bits per heavy atom. The summed E-state index contributed by atoms with van der Waals surface area (Å²) in [6.45, 7) is 5.24. The Balaban J connectivity index is 1.39. The number of aromatic nitrogens is 1. The van der Waals surface area contributed by atoms with E-state index in [9.17, 15) is 4.79 Å². The topological polar surface area (TPSA) is 36.4 Å². The molecule has 0 aliphatic carbocycles. The standard InChI is InChI=1S/C20H20BrN3OS/c1-14-3-2-4-15(11-14)12-19(25)23-7-9-24(10-8-23)20-22-17-6-5-16(21)13-18(17)26-20/h2-6,11,13H,7-10,12H2,1H3. The minimum absolute atomic E-state index is 0.212. The molecule has 0 atom stereocenters. The molecule has 2 heterocycles. The molecule has 3 aromatic rings. The highest BCUT2D eigenvalue weighted by atomic mass is 79.9. The van der Waals surface area contributed by atoms with Gasteiger partial charge in [0, 0.05) is 30.7 Å². The maximum absolute atomic E-state index is 12.6. The fourth-order valence-corrected chi connectivity index (χ4v) is 4.85. The van der Waals surface area contributed by atoms with Crippen LogP contribution in [0.25, 0.3) is 10.2 Å². The zero-order chi connectivity index (χ0) is 18.1. The van der Waals surface area contributed by atoms with Gasteiger partial charge in [0.1, 0.15) is 0 Å². The number of benzene rings is 2. The quantitative estimate of drug-likeness (QED) is 0.623. The maximum Gasteiger partial charge on any atom is 0.227 e. The van der Waals surface area contributed by atoms with Crippen LogP contribution >= 0.6 is 27.3 Å². The molecule has 0 radical (unpaired) electrons. The number of anilines is 1. The molecular formula is C20H20BrN3OS. The second kappa shape index (κ2) is 7.37. The molecule has 0 unspecified atom stereocenters. The van der Waals surface area contributed by atoms with Crippen LogP contribution in [0.15, 0.2) is 46.9 Å². The molecule has 1 fully saturated rings. The molecule has 2 aromatic carbocycles. The van der Waals surface area contributed by atoms with Crippen molar-refractivity contribution in [1.82, 2.24) is 9.88 Å². The third-order valence-electron chi connectivity index (χ3n) is 4.68.